The maximum absolute atomic E-state index is 11.1. The minimum absolute atomic E-state index is 0.113. The van der Waals surface area contributed by atoms with Crippen molar-refractivity contribution < 1.29 is 4.79 Å². The van der Waals surface area contributed by atoms with Gasteiger partial charge >= 0.3 is 0 Å². The standard InChI is InChI=1S/C17H15N5OS/c1-11(23)19-13-9-7-12(8-10-13)15-16(24-17(18)20-15)22-21-14-5-3-2-4-6-14/h2-10H,1H3,(H2,18,20)(H,19,23). The molecule has 0 unspecified atom stereocenters. The van der Waals surface area contributed by atoms with Crippen molar-refractivity contribution in [1.29, 1.82) is 0 Å². The summed E-state index contributed by atoms with van der Waals surface area (Å²) < 4.78 is 0. The van der Waals surface area contributed by atoms with Crippen LogP contribution in [0.4, 0.5) is 21.5 Å². The molecule has 0 atom stereocenters. The maximum Gasteiger partial charge on any atom is 0.221 e. The second-order valence-corrected chi connectivity index (χ2v) is 6.01. The number of anilines is 2. The minimum atomic E-state index is -0.113. The van der Waals surface area contributed by atoms with Crippen LogP contribution in [0.1, 0.15) is 6.92 Å². The number of nitrogens with zero attached hydrogens (tertiary/aromatic N) is 3. The highest BCUT2D eigenvalue weighted by atomic mass is 32.1. The highest BCUT2D eigenvalue weighted by Gasteiger charge is 2.12. The Balaban J connectivity index is 1.89. The number of thiazole rings is 1. The van der Waals surface area contributed by atoms with Crippen LogP contribution in [0.3, 0.4) is 0 Å². The molecule has 1 heterocycles. The molecule has 0 bridgehead atoms. The Morgan fingerprint density at radius 1 is 1.08 bits per heavy atom. The Morgan fingerprint density at radius 2 is 1.79 bits per heavy atom. The van der Waals surface area contributed by atoms with Crippen LogP contribution in [0, 0.1) is 0 Å². The third-order valence-corrected chi connectivity index (χ3v) is 3.89. The number of carbonyl (C=O) groups is 1. The second-order valence-electron chi connectivity index (χ2n) is 5.00. The summed E-state index contributed by atoms with van der Waals surface area (Å²) in [4.78, 5) is 15.4. The van der Waals surface area contributed by atoms with Crippen LogP contribution < -0.4 is 11.1 Å². The SMILES string of the molecule is CC(=O)Nc1ccc(-c2nc(N)sc2N=Nc2ccccc2)cc1. The van der Waals surface area contributed by atoms with Gasteiger partial charge in [-0.25, -0.2) is 4.98 Å². The second kappa shape index (κ2) is 7.01. The lowest BCUT2D eigenvalue weighted by Gasteiger charge is -2.03. The van der Waals surface area contributed by atoms with Crippen molar-refractivity contribution in [2.75, 3.05) is 11.1 Å². The molecule has 0 radical (unpaired) electrons. The van der Waals surface area contributed by atoms with Crippen LogP contribution in [0.25, 0.3) is 11.3 Å². The van der Waals surface area contributed by atoms with E-state index in [1.54, 1.807) is 0 Å². The van der Waals surface area contributed by atoms with E-state index < -0.39 is 0 Å². The van der Waals surface area contributed by atoms with Crippen LogP contribution in [0.2, 0.25) is 0 Å². The van der Waals surface area contributed by atoms with Gasteiger partial charge in [-0.1, -0.05) is 41.7 Å². The van der Waals surface area contributed by atoms with Crippen LogP contribution >= 0.6 is 11.3 Å². The lowest BCUT2D eigenvalue weighted by molar-refractivity contribution is -0.114. The summed E-state index contributed by atoms with van der Waals surface area (Å²) in [5.41, 5.74) is 8.85. The zero-order valence-electron chi connectivity index (χ0n) is 12.9. The van der Waals surface area contributed by atoms with E-state index in [0.29, 0.717) is 15.8 Å². The van der Waals surface area contributed by atoms with Crippen molar-refractivity contribution in [2.45, 2.75) is 6.92 Å². The molecule has 0 aliphatic carbocycles. The number of amides is 1. The summed E-state index contributed by atoms with van der Waals surface area (Å²) in [6.07, 6.45) is 0. The lowest BCUT2D eigenvalue weighted by Crippen LogP contribution is -2.05. The number of nitrogen functional groups attached to an aromatic ring is 1. The number of hydrogen-bond donors (Lipinski definition) is 2. The van der Waals surface area contributed by atoms with Gasteiger partial charge in [-0.2, -0.15) is 0 Å². The highest BCUT2D eigenvalue weighted by molar-refractivity contribution is 7.19. The van der Waals surface area contributed by atoms with E-state index in [0.717, 1.165) is 16.9 Å². The van der Waals surface area contributed by atoms with Gasteiger partial charge in [0, 0.05) is 18.2 Å². The van der Waals surface area contributed by atoms with Crippen LogP contribution in [0.5, 0.6) is 0 Å². The molecule has 0 aliphatic heterocycles. The average Bonchev–Trinajstić information content (AvgIpc) is 2.95. The number of carbonyl (C=O) groups excluding carboxylic acids is 1. The molecule has 0 aliphatic rings. The summed E-state index contributed by atoms with van der Waals surface area (Å²) in [6.45, 7) is 1.47. The molecule has 120 valence electrons. The van der Waals surface area contributed by atoms with Crippen molar-refractivity contribution in [2.24, 2.45) is 10.2 Å². The van der Waals surface area contributed by atoms with Gasteiger partial charge in [0.15, 0.2) is 10.1 Å². The number of azo groups is 1. The highest BCUT2D eigenvalue weighted by Crippen LogP contribution is 2.38. The summed E-state index contributed by atoms with van der Waals surface area (Å²) in [7, 11) is 0. The van der Waals surface area contributed by atoms with Crippen molar-refractivity contribution in [3.05, 3.63) is 54.6 Å². The topological polar surface area (TPSA) is 92.7 Å². The molecule has 6 nitrogen and oxygen atoms in total. The van der Waals surface area contributed by atoms with E-state index in [2.05, 4.69) is 20.5 Å². The molecule has 1 aromatic heterocycles. The molecule has 3 N–H and O–H groups in total. The van der Waals surface area contributed by atoms with Crippen LogP contribution in [0.15, 0.2) is 64.8 Å². The Labute approximate surface area is 143 Å². The Hall–Kier alpha value is -3.06. The van der Waals surface area contributed by atoms with Gasteiger partial charge < -0.3 is 11.1 Å². The number of nitrogens with one attached hydrogen (secondary N) is 1. The number of nitrogens with two attached hydrogens (primary N) is 1. The number of benzene rings is 2. The third kappa shape index (κ3) is 3.82. The van der Waals surface area contributed by atoms with Crippen molar-refractivity contribution in [3.63, 3.8) is 0 Å². The van der Waals surface area contributed by atoms with Gasteiger partial charge in [-0.3, -0.25) is 4.79 Å². The molecule has 0 spiro atoms. The average molecular weight is 337 g/mol. The summed E-state index contributed by atoms with van der Waals surface area (Å²) in [6, 6.07) is 16.8. The van der Waals surface area contributed by atoms with E-state index in [1.165, 1.54) is 18.3 Å². The first-order chi connectivity index (χ1) is 11.6. The minimum Gasteiger partial charge on any atom is -0.375 e. The van der Waals surface area contributed by atoms with E-state index in [-0.39, 0.29) is 5.91 Å². The maximum atomic E-state index is 11.1. The van der Waals surface area contributed by atoms with E-state index >= 15 is 0 Å². The smallest absolute Gasteiger partial charge is 0.221 e. The Kier molecular flexibility index (Phi) is 4.62. The van der Waals surface area contributed by atoms with Crippen LogP contribution in [-0.2, 0) is 4.79 Å². The first-order valence-corrected chi connectivity index (χ1v) is 8.04. The largest absolute Gasteiger partial charge is 0.375 e. The fraction of sp³-hybridized carbons (Fsp3) is 0.0588. The normalized spacial score (nSPS) is 10.9. The zero-order valence-corrected chi connectivity index (χ0v) is 13.7. The zero-order chi connectivity index (χ0) is 16.9. The molecule has 0 fully saturated rings. The monoisotopic (exact) mass is 337 g/mol. The quantitative estimate of drug-likeness (QED) is 0.672. The Morgan fingerprint density at radius 3 is 2.46 bits per heavy atom. The molecule has 24 heavy (non-hydrogen) atoms. The fourth-order valence-corrected chi connectivity index (χ4v) is 2.77. The van der Waals surface area contributed by atoms with Crippen molar-refractivity contribution >= 4 is 38.8 Å². The molecule has 2 aromatic carbocycles. The van der Waals surface area contributed by atoms with Gasteiger partial charge in [0.2, 0.25) is 5.91 Å². The summed E-state index contributed by atoms with van der Waals surface area (Å²) in [5.74, 6) is -0.113. The summed E-state index contributed by atoms with van der Waals surface area (Å²) >= 11 is 1.28. The van der Waals surface area contributed by atoms with Gasteiger partial charge in [0.25, 0.3) is 0 Å². The molecule has 3 rings (SSSR count). The number of hydrogen-bond acceptors (Lipinski definition) is 6. The van der Waals surface area contributed by atoms with E-state index in [1.807, 2.05) is 54.6 Å². The molecular formula is C17H15N5OS. The van der Waals surface area contributed by atoms with E-state index in [9.17, 15) is 4.79 Å². The third-order valence-electron chi connectivity index (χ3n) is 3.12. The molecule has 1 amide bonds. The van der Waals surface area contributed by atoms with Crippen molar-refractivity contribution in [1.82, 2.24) is 4.98 Å². The predicted octanol–water partition coefficient (Wildman–Crippen LogP) is 4.77. The fourth-order valence-electron chi connectivity index (χ4n) is 2.10. The molecule has 3 aromatic rings. The van der Waals surface area contributed by atoms with Crippen LogP contribution in [-0.4, -0.2) is 10.9 Å². The predicted molar refractivity (Wildman–Crippen MR) is 96.9 cm³/mol. The molecule has 7 heteroatoms. The van der Waals surface area contributed by atoms with Gasteiger partial charge in [0.1, 0.15) is 5.69 Å². The van der Waals surface area contributed by atoms with Gasteiger partial charge in [-0.15, -0.1) is 10.2 Å². The number of aromatic nitrogens is 1. The first-order valence-electron chi connectivity index (χ1n) is 7.23. The molecular weight excluding hydrogens is 322 g/mol. The van der Waals surface area contributed by atoms with Crippen molar-refractivity contribution in [3.8, 4) is 11.3 Å². The number of rotatable bonds is 4. The van der Waals surface area contributed by atoms with Gasteiger partial charge in [-0.05, 0) is 24.3 Å². The van der Waals surface area contributed by atoms with E-state index in [4.69, 9.17) is 5.73 Å². The Bertz CT molecular complexity index is 872. The van der Waals surface area contributed by atoms with Gasteiger partial charge in [0.05, 0.1) is 5.69 Å². The molecule has 0 saturated heterocycles. The lowest BCUT2D eigenvalue weighted by atomic mass is 10.1. The molecule has 0 saturated carbocycles. The first kappa shape index (κ1) is 15.8. The summed E-state index contributed by atoms with van der Waals surface area (Å²) in [5, 5.41) is 12.3.